The second kappa shape index (κ2) is 12.0. The maximum atomic E-state index is 14.7. The predicted octanol–water partition coefficient (Wildman–Crippen LogP) is 5.39. The molecule has 40 heavy (non-hydrogen) atoms. The number of halogens is 2. The maximum Gasteiger partial charge on any atom is 0.262 e. The molecule has 1 amide bonds. The molecular formula is C31H36Cl2N4O3. The van der Waals surface area contributed by atoms with Gasteiger partial charge in [0, 0.05) is 47.9 Å². The van der Waals surface area contributed by atoms with Gasteiger partial charge in [0.2, 0.25) is 0 Å². The van der Waals surface area contributed by atoms with Gasteiger partial charge in [0.05, 0.1) is 25.3 Å². The lowest BCUT2D eigenvalue weighted by atomic mass is 9.95. The number of hydrogen-bond donors (Lipinski definition) is 2. The van der Waals surface area contributed by atoms with Crippen LogP contribution >= 0.6 is 23.2 Å². The van der Waals surface area contributed by atoms with Gasteiger partial charge in [-0.2, -0.15) is 0 Å². The minimum atomic E-state index is -1.28. The highest BCUT2D eigenvalue weighted by molar-refractivity contribution is 6.30. The molecule has 2 aliphatic heterocycles. The van der Waals surface area contributed by atoms with Gasteiger partial charge in [0.25, 0.3) is 5.91 Å². The largest absolute Gasteiger partial charge is 0.497 e. The molecule has 2 aliphatic rings. The summed E-state index contributed by atoms with van der Waals surface area (Å²) < 4.78 is 11.9. The lowest BCUT2D eigenvalue weighted by molar-refractivity contribution is -0.141. The summed E-state index contributed by atoms with van der Waals surface area (Å²) in [5, 5.41) is 8.84. The first-order valence-electron chi connectivity index (χ1n) is 13.6. The average molecular weight is 584 g/mol. The van der Waals surface area contributed by atoms with Gasteiger partial charge in [0.15, 0.2) is 5.66 Å². The van der Waals surface area contributed by atoms with Crippen LogP contribution in [0, 0.1) is 0 Å². The van der Waals surface area contributed by atoms with Crippen LogP contribution in [0.1, 0.15) is 42.6 Å². The first-order chi connectivity index (χ1) is 19.2. The van der Waals surface area contributed by atoms with Crippen LogP contribution < -0.4 is 20.1 Å². The van der Waals surface area contributed by atoms with E-state index in [1.165, 1.54) is 0 Å². The van der Waals surface area contributed by atoms with Crippen molar-refractivity contribution in [2.45, 2.75) is 37.7 Å². The van der Waals surface area contributed by atoms with Crippen LogP contribution in [0.3, 0.4) is 0 Å². The van der Waals surface area contributed by atoms with E-state index >= 15 is 0 Å². The van der Waals surface area contributed by atoms with Crippen molar-refractivity contribution in [1.29, 1.82) is 0 Å². The van der Waals surface area contributed by atoms with Crippen LogP contribution in [-0.4, -0.2) is 62.1 Å². The van der Waals surface area contributed by atoms with Crippen molar-refractivity contribution < 1.29 is 14.3 Å². The van der Waals surface area contributed by atoms with Gasteiger partial charge in [-0.15, -0.1) is 0 Å². The van der Waals surface area contributed by atoms with E-state index in [2.05, 4.69) is 22.6 Å². The zero-order valence-electron chi connectivity index (χ0n) is 23.3. The summed E-state index contributed by atoms with van der Waals surface area (Å²) in [7, 11) is 3.70. The summed E-state index contributed by atoms with van der Waals surface area (Å²) in [5.74, 6) is 1.20. The molecule has 3 aromatic carbocycles. The van der Waals surface area contributed by atoms with Crippen LogP contribution in [0.4, 0.5) is 0 Å². The summed E-state index contributed by atoms with van der Waals surface area (Å²) in [6.45, 7) is 6.83. The third-order valence-electron chi connectivity index (χ3n) is 7.60. The SMILES string of the molecule is COc1ccc(C2(C(=O)N3CCN(C)CC3)NC(c3ccc(Cl)cc3)C(c3ccc(Cl)cc3)N2)c(OC(C)C)c1. The van der Waals surface area contributed by atoms with Gasteiger partial charge in [-0.25, -0.2) is 0 Å². The van der Waals surface area contributed by atoms with Gasteiger partial charge in [-0.05, 0) is 68.4 Å². The number of amides is 1. The molecule has 7 nitrogen and oxygen atoms in total. The number of ether oxygens (including phenoxy) is 2. The minimum absolute atomic E-state index is 0.0465. The highest BCUT2D eigenvalue weighted by Gasteiger charge is 2.54. The normalized spacial score (nSPS) is 23.4. The summed E-state index contributed by atoms with van der Waals surface area (Å²) >= 11 is 12.5. The molecule has 5 rings (SSSR count). The molecule has 0 radical (unpaired) electrons. The van der Waals surface area contributed by atoms with Gasteiger partial charge in [-0.3, -0.25) is 15.4 Å². The van der Waals surface area contributed by atoms with E-state index in [9.17, 15) is 4.79 Å². The van der Waals surface area contributed by atoms with Crippen LogP contribution in [-0.2, 0) is 10.5 Å². The Morgan fingerprint density at radius 1 is 0.875 bits per heavy atom. The van der Waals surface area contributed by atoms with Crippen LogP contribution in [0.15, 0.2) is 66.7 Å². The molecule has 0 bridgehead atoms. The third-order valence-corrected chi connectivity index (χ3v) is 8.11. The molecule has 2 saturated heterocycles. The molecule has 0 aliphatic carbocycles. The summed E-state index contributed by atoms with van der Waals surface area (Å²) in [6, 6.07) is 20.6. The van der Waals surface area contributed by atoms with Crippen molar-refractivity contribution in [2.24, 2.45) is 0 Å². The number of carbonyl (C=O) groups excluding carboxylic acids is 1. The van der Waals surface area contributed by atoms with E-state index in [-0.39, 0.29) is 24.1 Å². The number of hydrogen-bond acceptors (Lipinski definition) is 6. The fourth-order valence-corrected chi connectivity index (χ4v) is 5.75. The Balaban J connectivity index is 1.68. The molecule has 3 aromatic rings. The van der Waals surface area contributed by atoms with Gasteiger partial charge < -0.3 is 19.3 Å². The van der Waals surface area contributed by atoms with Gasteiger partial charge in [0.1, 0.15) is 11.5 Å². The average Bonchev–Trinajstić information content (AvgIpc) is 3.35. The minimum Gasteiger partial charge on any atom is -0.497 e. The van der Waals surface area contributed by atoms with E-state index in [4.69, 9.17) is 32.7 Å². The second-order valence-corrected chi connectivity index (χ2v) is 11.6. The van der Waals surface area contributed by atoms with Crippen LogP contribution in [0.5, 0.6) is 11.5 Å². The molecular weight excluding hydrogens is 547 g/mol. The van der Waals surface area contributed by atoms with Crippen molar-refractivity contribution in [3.05, 3.63) is 93.5 Å². The number of methoxy groups -OCH3 is 1. The Kier molecular flexibility index (Phi) is 8.59. The fourth-order valence-electron chi connectivity index (χ4n) is 5.50. The van der Waals surface area contributed by atoms with E-state index < -0.39 is 5.66 Å². The monoisotopic (exact) mass is 582 g/mol. The quantitative estimate of drug-likeness (QED) is 0.389. The van der Waals surface area contributed by atoms with Crippen molar-refractivity contribution in [3.63, 3.8) is 0 Å². The maximum absolute atomic E-state index is 14.7. The molecule has 212 valence electrons. The van der Waals surface area contributed by atoms with Crippen molar-refractivity contribution >= 4 is 29.1 Å². The van der Waals surface area contributed by atoms with E-state index in [1.807, 2.05) is 85.5 Å². The summed E-state index contributed by atoms with van der Waals surface area (Å²) in [5.41, 5.74) is 1.44. The van der Waals surface area contributed by atoms with Gasteiger partial charge >= 0.3 is 0 Å². The highest BCUT2D eigenvalue weighted by Crippen LogP contribution is 2.45. The fraction of sp³-hybridized carbons (Fsp3) is 0.387. The first-order valence-corrected chi connectivity index (χ1v) is 14.3. The number of benzene rings is 3. The lowest BCUT2D eigenvalue weighted by Gasteiger charge is -2.40. The van der Waals surface area contributed by atoms with Crippen molar-refractivity contribution in [1.82, 2.24) is 20.4 Å². The smallest absolute Gasteiger partial charge is 0.262 e. The standard InChI is InChI=1S/C31H36Cl2N4O3/c1-20(2)40-27-19-25(39-4)13-14-26(27)31(30(38)37-17-15-36(3)16-18-37)34-28(21-5-9-23(32)10-6-21)29(35-31)22-7-11-24(33)12-8-22/h5-14,19-20,28-29,34-35H,15-18H2,1-4H3. The predicted molar refractivity (Wildman–Crippen MR) is 159 cm³/mol. The number of carbonyl (C=O) groups is 1. The number of rotatable bonds is 7. The van der Waals surface area contributed by atoms with Crippen LogP contribution in [0.2, 0.25) is 10.0 Å². The summed E-state index contributed by atoms with van der Waals surface area (Å²) in [6.07, 6.45) is -0.109. The second-order valence-electron chi connectivity index (χ2n) is 10.7. The Hall–Kier alpha value is -2.81. The Morgan fingerprint density at radius 3 is 1.88 bits per heavy atom. The number of nitrogens with one attached hydrogen (secondary N) is 2. The van der Waals surface area contributed by atoms with E-state index in [0.717, 1.165) is 24.2 Å². The molecule has 2 heterocycles. The molecule has 0 saturated carbocycles. The number of nitrogens with zero attached hydrogens (tertiary/aromatic N) is 2. The zero-order valence-corrected chi connectivity index (χ0v) is 24.8. The number of piperazine rings is 1. The first kappa shape index (κ1) is 28.7. The zero-order chi connectivity index (χ0) is 28.4. The van der Waals surface area contributed by atoms with Crippen LogP contribution in [0.25, 0.3) is 0 Å². The highest BCUT2D eigenvalue weighted by atomic mass is 35.5. The topological polar surface area (TPSA) is 66.1 Å². The molecule has 2 unspecified atom stereocenters. The molecule has 2 N–H and O–H groups in total. The molecule has 9 heteroatoms. The molecule has 0 spiro atoms. The van der Waals surface area contributed by atoms with E-state index in [0.29, 0.717) is 40.2 Å². The third kappa shape index (κ3) is 5.80. The molecule has 2 atom stereocenters. The Bertz CT molecular complexity index is 1270. The Labute approximate surface area is 246 Å². The van der Waals surface area contributed by atoms with Crippen molar-refractivity contribution in [2.75, 3.05) is 40.3 Å². The van der Waals surface area contributed by atoms with Gasteiger partial charge in [-0.1, -0.05) is 47.5 Å². The number of likely N-dealkylation sites (N-methyl/N-ethyl adjacent to an activating group) is 1. The molecule has 2 fully saturated rings. The Morgan fingerprint density at radius 2 is 1.40 bits per heavy atom. The lowest BCUT2D eigenvalue weighted by Crippen LogP contribution is -2.62. The molecule has 0 aromatic heterocycles. The van der Waals surface area contributed by atoms with E-state index in [1.54, 1.807) is 7.11 Å². The summed E-state index contributed by atoms with van der Waals surface area (Å²) in [4.78, 5) is 18.9. The van der Waals surface area contributed by atoms with Crippen molar-refractivity contribution in [3.8, 4) is 11.5 Å².